The second kappa shape index (κ2) is 9.08. The predicted octanol–water partition coefficient (Wildman–Crippen LogP) is 3.66. The summed E-state index contributed by atoms with van der Waals surface area (Å²) in [6, 6.07) is 11.7. The Kier molecular flexibility index (Phi) is 6.25. The SMILES string of the molecule is CCN(CC)CCc1nnc2n(c1=O)-c1cccc(Cl)c1C(c1ccccc1F)=NC2. The minimum absolute atomic E-state index is 0.0905. The van der Waals surface area contributed by atoms with Crippen LogP contribution >= 0.6 is 11.6 Å². The van der Waals surface area contributed by atoms with Crippen LogP contribution in [0.15, 0.2) is 52.3 Å². The Bertz CT molecular complexity index is 1200. The lowest BCUT2D eigenvalue weighted by Crippen LogP contribution is -2.32. The highest BCUT2D eigenvalue weighted by Crippen LogP contribution is 2.30. The van der Waals surface area contributed by atoms with Crippen molar-refractivity contribution >= 4 is 17.3 Å². The smallest absolute Gasteiger partial charge is 0.280 e. The zero-order chi connectivity index (χ0) is 22.0. The van der Waals surface area contributed by atoms with Crippen LogP contribution in [-0.4, -0.2) is 45.0 Å². The molecule has 0 spiro atoms. The van der Waals surface area contributed by atoms with Crippen LogP contribution in [0.1, 0.15) is 36.5 Å². The molecule has 0 N–H and O–H groups in total. The van der Waals surface area contributed by atoms with Gasteiger partial charge >= 0.3 is 0 Å². The van der Waals surface area contributed by atoms with Crippen molar-refractivity contribution in [3.8, 4) is 5.69 Å². The first-order valence-corrected chi connectivity index (χ1v) is 10.7. The maximum Gasteiger partial charge on any atom is 0.280 e. The van der Waals surface area contributed by atoms with E-state index < -0.39 is 5.82 Å². The summed E-state index contributed by atoms with van der Waals surface area (Å²) in [5.74, 6) is -0.0112. The van der Waals surface area contributed by atoms with E-state index in [0.717, 1.165) is 19.6 Å². The van der Waals surface area contributed by atoms with Crippen molar-refractivity contribution in [2.45, 2.75) is 26.8 Å². The fraction of sp³-hybridized carbons (Fsp3) is 0.304. The topological polar surface area (TPSA) is 63.4 Å². The molecule has 0 bridgehead atoms. The molecule has 1 aliphatic heterocycles. The first kappa shape index (κ1) is 21.3. The number of aliphatic imine (C=N–C) groups is 1. The zero-order valence-corrected chi connectivity index (χ0v) is 18.2. The standard InChI is InChI=1S/C23H23ClFN5O/c1-3-29(4-2)13-12-18-23(31)30-19-11-7-9-16(24)21(19)22(26-14-20(30)28-27-18)15-8-5-6-10-17(15)25/h5-11H,3-4,12-14H2,1-2H3. The van der Waals surface area contributed by atoms with E-state index in [1.165, 1.54) is 10.6 Å². The van der Waals surface area contributed by atoms with Crippen molar-refractivity contribution in [3.63, 3.8) is 0 Å². The second-order valence-electron chi connectivity index (χ2n) is 7.26. The number of fused-ring (bicyclic) bond motifs is 3. The molecular formula is C23H23ClFN5O. The fourth-order valence-corrected chi connectivity index (χ4v) is 4.06. The van der Waals surface area contributed by atoms with E-state index in [1.54, 1.807) is 36.4 Å². The molecule has 160 valence electrons. The van der Waals surface area contributed by atoms with Gasteiger partial charge in [0.25, 0.3) is 5.56 Å². The Morgan fingerprint density at radius 3 is 2.61 bits per heavy atom. The second-order valence-corrected chi connectivity index (χ2v) is 7.67. The van der Waals surface area contributed by atoms with E-state index in [0.29, 0.717) is 45.5 Å². The first-order valence-electron chi connectivity index (χ1n) is 10.3. The van der Waals surface area contributed by atoms with Gasteiger partial charge in [-0.3, -0.25) is 14.4 Å². The molecule has 1 aromatic heterocycles. The number of hydrogen-bond donors (Lipinski definition) is 0. The number of likely N-dealkylation sites (N-methyl/N-ethyl adjacent to an activating group) is 1. The van der Waals surface area contributed by atoms with Gasteiger partial charge in [-0.15, -0.1) is 10.2 Å². The predicted molar refractivity (Wildman–Crippen MR) is 120 cm³/mol. The number of benzene rings is 2. The molecule has 0 saturated carbocycles. The van der Waals surface area contributed by atoms with Gasteiger partial charge in [0.15, 0.2) is 5.82 Å². The van der Waals surface area contributed by atoms with Crippen molar-refractivity contribution in [2.75, 3.05) is 19.6 Å². The highest BCUT2D eigenvalue weighted by molar-refractivity contribution is 6.36. The summed E-state index contributed by atoms with van der Waals surface area (Å²) in [5.41, 5.74) is 1.91. The molecule has 2 heterocycles. The van der Waals surface area contributed by atoms with Gasteiger partial charge in [0, 0.05) is 24.1 Å². The van der Waals surface area contributed by atoms with Gasteiger partial charge in [-0.1, -0.05) is 43.6 Å². The molecule has 8 heteroatoms. The van der Waals surface area contributed by atoms with Gasteiger partial charge < -0.3 is 4.90 Å². The fourth-order valence-electron chi connectivity index (χ4n) is 3.80. The molecule has 0 atom stereocenters. The molecule has 0 aliphatic carbocycles. The molecule has 3 aromatic rings. The van der Waals surface area contributed by atoms with Crippen LogP contribution in [0.4, 0.5) is 4.39 Å². The summed E-state index contributed by atoms with van der Waals surface area (Å²) in [4.78, 5) is 20.2. The quantitative estimate of drug-likeness (QED) is 0.588. The number of rotatable bonds is 6. The minimum atomic E-state index is -0.406. The van der Waals surface area contributed by atoms with Crippen molar-refractivity contribution in [1.82, 2.24) is 19.7 Å². The third-order valence-electron chi connectivity index (χ3n) is 5.53. The van der Waals surface area contributed by atoms with Gasteiger partial charge in [0.2, 0.25) is 0 Å². The summed E-state index contributed by atoms with van der Waals surface area (Å²) in [5, 5.41) is 8.89. The Morgan fingerprint density at radius 2 is 1.87 bits per heavy atom. The lowest BCUT2D eigenvalue weighted by Gasteiger charge is -2.18. The highest BCUT2D eigenvalue weighted by Gasteiger charge is 2.25. The van der Waals surface area contributed by atoms with E-state index in [4.69, 9.17) is 11.6 Å². The van der Waals surface area contributed by atoms with E-state index in [9.17, 15) is 9.18 Å². The van der Waals surface area contributed by atoms with E-state index in [2.05, 4.69) is 33.9 Å². The number of aromatic nitrogens is 3. The molecular weight excluding hydrogens is 417 g/mol. The molecule has 0 amide bonds. The first-order chi connectivity index (χ1) is 15.0. The van der Waals surface area contributed by atoms with Gasteiger partial charge in [-0.25, -0.2) is 4.39 Å². The minimum Gasteiger partial charge on any atom is -0.303 e. The lowest BCUT2D eigenvalue weighted by molar-refractivity contribution is 0.306. The maximum absolute atomic E-state index is 14.6. The van der Waals surface area contributed by atoms with Crippen molar-refractivity contribution in [1.29, 1.82) is 0 Å². The van der Waals surface area contributed by atoms with E-state index >= 15 is 0 Å². The Balaban J connectivity index is 1.86. The van der Waals surface area contributed by atoms with Gasteiger partial charge in [-0.2, -0.15) is 0 Å². The van der Waals surface area contributed by atoms with Crippen LogP contribution in [0.25, 0.3) is 5.69 Å². The van der Waals surface area contributed by atoms with Crippen LogP contribution in [0.3, 0.4) is 0 Å². The summed E-state index contributed by atoms with van der Waals surface area (Å²) < 4.78 is 16.1. The number of hydrogen-bond acceptors (Lipinski definition) is 5. The molecule has 4 rings (SSSR count). The Morgan fingerprint density at radius 1 is 1.10 bits per heavy atom. The van der Waals surface area contributed by atoms with Crippen LogP contribution < -0.4 is 5.56 Å². The largest absolute Gasteiger partial charge is 0.303 e. The van der Waals surface area contributed by atoms with Gasteiger partial charge in [0.05, 0.1) is 16.4 Å². The Hall–Kier alpha value is -2.90. The Labute approximate surface area is 185 Å². The van der Waals surface area contributed by atoms with Gasteiger partial charge in [-0.05, 0) is 37.4 Å². The highest BCUT2D eigenvalue weighted by atomic mass is 35.5. The summed E-state index contributed by atoms with van der Waals surface area (Å²) in [6.07, 6.45) is 0.491. The summed E-state index contributed by atoms with van der Waals surface area (Å²) >= 11 is 6.55. The molecule has 0 saturated heterocycles. The molecule has 31 heavy (non-hydrogen) atoms. The molecule has 1 aliphatic rings. The van der Waals surface area contributed by atoms with Gasteiger partial charge in [0.1, 0.15) is 18.1 Å². The average Bonchev–Trinajstić information content (AvgIpc) is 2.94. The monoisotopic (exact) mass is 439 g/mol. The zero-order valence-electron chi connectivity index (χ0n) is 17.5. The van der Waals surface area contributed by atoms with Crippen LogP contribution in [0, 0.1) is 5.82 Å². The van der Waals surface area contributed by atoms with Crippen LogP contribution in [-0.2, 0) is 13.0 Å². The van der Waals surface area contributed by atoms with Crippen molar-refractivity contribution in [3.05, 3.63) is 86.3 Å². The third kappa shape index (κ3) is 4.03. The normalized spacial score (nSPS) is 12.9. The van der Waals surface area contributed by atoms with E-state index in [1.807, 2.05) is 0 Å². The molecule has 0 fully saturated rings. The van der Waals surface area contributed by atoms with E-state index in [-0.39, 0.29) is 12.1 Å². The average molecular weight is 440 g/mol. The maximum atomic E-state index is 14.6. The third-order valence-corrected chi connectivity index (χ3v) is 5.85. The molecule has 0 radical (unpaired) electrons. The lowest BCUT2D eigenvalue weighted by atomic mass is 10.00. The molecule has 2 aromatic carbocycles. The van der Waals surface area contributed by atoms with Crippen LogP contribution in [0.5, 0.6) is 0 Å². The summed E-state index contributed by atoms with van der Waals surface area (Å²) in [7, 11) is 0. The molecule has 6 nitrogen and oxygen atoms in total. The number of halogens is 2. The molecule has 0 unspecified atom stereocenters. The number of nitrogens with zero attached hydrogens (tertiary/aromatic N) is 5. The van der Waals surface area contributed by atoms with Crippen LogP contribution in [0.2, 0.25) is 5.02 Å². The van der Waals surface area contributed by atoms with Crippen molar-refractivity contribution in [2.24, 2.45) is 4.99 Å². The summed E-state index contributed by atoms with van der Waals surface area (Å²) in [6.45, 7) is 6.77. The van der Waals surface area contributed by atoms with Crippen molar-refractivity contribution < 1.29 is 4.39 Å².